The van der Waals surface area contributed by atoms with E-state index in [1.165, 1.54) is 12.0 Å². The number of thiophene rings is 1. The van der Waals surface area contributed by atoms with Crippen LogP contribution in [0.4, 0.5) is 0 Å². The maximum atomic E-state index is 10.1. The van der Waals surface area contributed by atoms with Crippen LogP contribution in [0, 0.1) is 6.92 Å². The average molecular weight is 276 g/mol. The summed E-state index contributed by atoms with van der Waals surface area (Å²) < 4.78 is 1.13. The first kappa shape index (κ1) is 10.6. The van der Waals surface area contributed by atoms with E-state index in [9.17, 15) is 5.11 Å². The topological polar surface area (TPSA) is 32.3 Å². The summed E-state index contributed by atoms with van der Waals surface area (Å²) in [6.45, 7) is 3.09. The number of rotatable bonds is 2. The molecule has 0 radical (unpaired) electrons. The van der Waals surface area contributed by atoms with Gasteiger partial charge in [0.15, 0.2) is 0 Å². The smallest absolute Gasteiger partial charge is 0.103 e. The van der Waals surface area contributed by atoms with Gasteiger partial charge in [-0.15, -0.1) is 11.3 Å². The van der Waals surface area contributed by atoms with Gasteiger partial charge < -0.3 is 10.4 Å². The van der Waals surface area contributed by atoms with Gasteiger partial charge in [-0.25, -0.2) is 0 Å². The van der Waals surface area contributed by atoms with Crippen LogP contribution in [0.15, 0.2) is 9.85 Å². The van der Waals surface area contributed by atoms with Crippen LogP contribution < -0.4 is 5.32 Å². The molecule has 1 fully saturated rings. The van der Waals surface area contributed by atoms with Gasteiger partial charge in [0.05, 0.1) is 3.79 Å². The molecule has 0 aromatic carbocycles. The molecule has 0 aliphatic carbocycles. The molecule has 1 saturated heterocycles. The fourth-order valence-corrected chi connectivity index (χ4v) is 3.43. The van der Waals surface area contributed by atoms with Gasteiger partial charge in [-0.3, -0.25) is 0 Å². The summed E-state index contributed by atoms with van der Waals surface area (Å²) in [5, 5.41) is 13.4. The molecule has 2 rings (SSSR count). The minimum atomic E-state index is -0.340. The highest BCUT2D eigenvalue weighted by Crippen LogP contribution is 2.34. The summed E-state index contributed by atoms with van der Waals surface area (Å²) in [5.41, 5.74) is 1.21. The fraction of sp³-hybridized carbons (Fsp3) is 0.600. The highest BCUT2D eigenvalue weighted by molar-refractivity contribution is 9.11. The maximum absolute atomic E-state index is 10.1. The SMILES string of the molecule is Cc1cc(C(O)C2CCCN2)sc1Br. The summed E-state index contributed by atoms with van der Waals surface area (Å²) >= 11 is 5.12. The summed E-state index contributed by atoms with van der Waals surface area (Å²) in [6.07, 6.45) is 1.91. The van der Waals surface area contributed by atoms with Crippen LogP contribution in [0.5, 0.6) is 0 Å². The van der Waals surface area contributed by atoms with Crippen LogP contribution in [0.2, 0.25) is 0 Å². The van der Waals surface area contributed by atoms with Crippen molar-refractivity contribution in [3.63, 3.8) is 0 Å². The third kappa shape index (κ3) is 2.03. The molecule has 78 valence electrons. The first-order valence-electron chi connectivity index (χ1n) is 4.86. The van der Waals surface area contributed by atoms with E-state index in [4.69, 9.17) is 0 Å². The summed E-state index contributed by atoms with van der Waals surface area (Å²) in [4.78, 5) is 1.06. The van der Waals surface area contributed by atoms with Crippen molar-refractivity contribution in [3.8, 4) is 0 Å². The Labute approximate surface area is 96.5 Å². The van der Waals surface area contributed by atoms with Gasteiger partial charge in [0, 0.05) is 10.9 Å². The van der Waals surface area contributed by atoms with Crippen molar-refractivity contribution in [2.45, 2.75) is 31.9 Å². The van der Waals surface area contributed by atoms with E-state index in [-0.39, 0.29) is 12.1 Å². The van der Waals surface area contributed by atoms with E-state index >= 15 is 0 Å². The average Bonchev–Trinajstić information content (AvgIpc) is 2.76. The van der Waals surface area contributed by atoms with Gasteiger partial charge in [0.25, 0.3) is 0 Å². The van der Waals surface area contributed by atoms with Crippen LogP contribution in [-0.4, -0.2) is 17.7 Å². The Balaban J connectivity index is 2.13. The van der Waals surface area contributed by atoms with Crippen molar-refractivity contribution in [1.82, 2.24) is 5.32 Å². The Morgan fingerprint density at radius 1 is 1.71 bits per heavy atom. The second-order valence-electron chi connectivity index (χ2n) is 3.75. The number of hydrogen-bond donors (Lipinski definition) is 2. The molecule has 0 bridgehead atoms. The van der Waals surface area contributed by atoms with Gasteiger partial charge >= 0.3 is 0 Å². The van der Waals surface area contributed by atoms with E-state index in [0.717, 1.165) is 21.6 Å². The zero-order valence-electron chi connectivity index (χ0n) is 8.09. The minimum absolute atomic E-state index is 0.250. The molecule has 2 N–H and O–H groups in total. The van der Waals surface area contributed by atoms with Gasteiger partial charge in [-0.05, 0) is 53.9 Å². The molecule has 0 spiro atoms. The highest BCUT2D eigenvalue weighted by Gasteiger charge is 2.25. The summed E-state index contributed by atoms with van der Waals surface area (Å²) in [5.74, 6) is 0. The number of aryl methyl sites for hydroxylation is 1. The van der Waals surface area contributed by atoms with Crippen LogP contribution in [0.3, 0.4) is 0 Å². The van der Waals surface area contributed by atoms with E-state index in [1.54, 1.807) is 11.3 Å². The summed E-state index contributed by atoms with van der Waals surface area (Å²) in [6, 6.07) is 2.32. The molecule has 2 heterocycles. The molecule has 1 aliphatic heterocycles. The Morgan fingerprint density at radius 3 is 3.00 bits per heavy atom. The lowest BCUT2D eigenvalue weighted by Crippen LogP contribution is -2.28. The van der Waals surface area contributed by atoms with Crippen molar-refractivity contribution < 1.29 is 5.11 Å². The second-order valence-corrected chi connectivity index (χ2v) is 6.15. The number of nitrogens with one attached hydrogen (secondary N) is 1. The third-order valence-electron chi connectivity index (χ3n) is 2.65. The second kappa shape index (κ2) is 4.31. The van der Waals surface area contributed by atoms with Gasteiger partial charge in [0.1, 0.15) is 6.10 Å². The van der Waals surface area contributed by atoms with Crippen LogP contribution in [0.25, 0.3) is 0 Å². The Hall–Kier alpha value is 0.100. The maximum Gasteiger partial charge on any atom is 0.103 e. The lowest BCUT2D eigenvalue weighted by molar-refractivity contribution is 0.141. The molecule has 14 heavy (non-hydrogen) atoms. The highest BCUT2D eigenvalue weighted by atomic mass is 79.9. The largest absolute Gasteiger partial charge is 0.386 e. The van der Waals surface area contributed by atoms with Crippen molar-refractivity contribution in [2.75, 3.05) is 6.54 Å². The van der Waals surface area contributed by atoms with Crippen molar-refractivity contribution in [1.29, 1.82) is 0 Å². The number of hydrogen-bond acceptors (Lipinski definition) is 3. The molecule has 0 saturated carbocycles. The zero-order chi connectivity index (χ0) is 10.1. The molecule has 1 aromatic heterocycles. The minimum Gasteiger partial charge on any atom is -0.386 e. The number of aliphatic hydroxyl groups is 1. The van der Waals surface area contributed by atoms with Crippen molar-refractivity contribution in [2.24, 2.45) is 0 Å². The molecule has 2 atom stereocenters. The van der Waals surface area contributed by atoms with E-state index < -0.39 is 0 Å². The molecular formula is C10H14BrNOS. The zero-order valence-corrected chi connectivity index (χ0v) is 10.5. The molecule has 1 aliphatic rings. The molecule has 2 nitrogen and oxygen atoms in total. The van der Waals surface area contributed by atoms with Crippen molar-refractivity contribution in [3.05, 3.63) is 20.3 Å². The molecule has 1 aromatic rings. The molecule has 0 amide bonds. The number of halogens is 1. The van der Waals surface area contributed by atoms with Crippen LogP contribution in [0.1, 0.15) is 29.4 Å². The Bertz CT molecular complexity index is 300. The Morgan fingerprint density at radius 2 is 2.50 bits per heavy atom. The predicted octanol–water partition coefficient (Wildman–Crippen LogP) is 2.60. The van der Waals surface area contributed by atoms with E-state index in [2.05, 4.69) is 34.2 Å². The summed E-state index contributed by atoms with van der Waals surface area (Å²) in [7, 11) is 0. The van der Waals surface area contributed by atoms with Gasteiger partial charge in [-0.1, -0.05) is 0 Å². The molecule has 4 heteroatoms. The standard InChI is InChI=1S/C10H14BrNOS/c1-6-5-8(14-10(6)11)9(13)7-3-2-4-12-7/h5,7,9,12-13H,2-4H2,1H3. The van der Waals surface area contributed by atoms with E-state index in [0.29, 0.717) is 0 Å². The lowest BCUT2D eigenvalue weighted by atomic mass is 10.1. The third-order valence-corrected chi connectivity index (χ3v) is 4.85. The molecular weight excluding hydrogens is 262 g/mol. The fourth-order valence-electron chi connectivity index (χ4n) is 1.81. The normalized spacial score (nSPS) is 24.1. The van der Waals surface area contributed by atoms with Crippen LogP contribution in [-0.2, 0) is 0 Å². The molecule has 2 unspecified atom stereocenters. The lowest BCUT2D eigenvalue weighted by Gasteiger charge is -2.16. The first-order chi connectivity index (χ1) is 6.68. The van der Waals surface area contributed by atoms with E-state index in [1.807, 2.05) is 0 Å². The first-order valence-corrected chi connectivity index (χ1v) is 6.46. The van der Waals surface area contributed by atoms with Crippen LogP contribution >= 0.6 is 27.3 Å². The number of aliphatic hydroxyl groups excluding tert-OH is 1. The Kier molecular flexibility index (Phi) is 3.27. The van der Waals surface area contributed by atoms with Gasteiger partial charge in [0.2, 0.25) is 0 Å². The van der Waals surface area contributed by atoms with Crippen molar-refractivity contribution >= 4 is 27.3 Å². The predicted molar refractivity (Wildman–Crippen MR) is 62.7 cm³/mol. The monoisotopic (exact) mass is 275 g/mol. The quantitative estimate of drug-likeness (QED) is 0.870. The van der Waals surface area contributed by atoms with Gasteiger partial charge in [-0.2, -0.15) is 0 Å².